The Labute approximate surface area is 124 Å². The SMILES string of the molecule is CC(C)N(C)CCCCNC(=O)c1cc(F)cnc1Cl. The van der Waals surface area contributed by atoms with Crippen LogP contribution in [0.2, 0.25) is 5.15 Å². The van der Waals surface area contributed by atoms with Crippen molar-refractivity contribution in [1.29, 1.82) is 0 Å². The van der Waals surface area contributed by atoms with Crippen LogP contribution in [0.1, 0.15) is 37.0 Å². The lowest BCUT2D eigenvalue weighted by Crippen LogP contribution is -2.29. The Morgan fingerprint density at radius 1 is 1.50 bits per heavy atom. The van der Waals surface area contributed by atoms with E-state index in [0.29, 0.717) is 12.6 Å². The van der Waals surface area contributed by atoms with Crippen molar-refractivity contribution in [2.75, 3.05) is 20.1 Å². The Morgan fingerprint density at radius 3 is 2.85 bits per heavy atom. The van der Waals surface area contributed by atoms with Crippen molar-refractivity contribution in [2.45, 2.75) is 32.7 Å². The molecule has 0 unspecified atom stereocenters. The molecule has 1 aromatic heterocycles. The number of unbranched alkanes of at least 4 members (excludes halogenated alkanes) is 1. The van der Waals surface area contributed by atoms with E-state index in [2.05, 4.69) is 36.1 Å². The molecular formula is C14H21ClFN3O. The van der Waals surface area contributed by atoms with E-state index in [9.17, 15) is 9.18 Å². The first-order valence-corrected chi connectivity index (χ1v) is 7.09. The number of nitrogens with zero attached hydrogens (tertiary/aromatic N) is 2. The monoisotopic (exact) mass is 301 g/mol. The second-order valence-electron chi connectivity index (χ2n) is 5.03. The zero-order valence-corrected chi connectivity index (χ0v) is 12.9. The molecule has 0 saturated heterocycles. The van der Waals surface area contributed by atoms with Crippen LogP contribution >= 0.6 is 11.6 Å². The van der Waals surface area contributed by atoms with Gasteiger partial charge in [-0.2, -0.15) is 0 Å². The topological polar surface area (TPSA) is 45.2 Å². The third kappa shape index (κ3) is 5.43. The number of nitrogens with one attached hydrogen (secondary N) is 1. The fraction of sp³-hybridized carbons (Fsp3) is 0.571. The molecule has 0 atom stereocenters. The van der Waals surface area contributed by atoms with Crippen LogP contribution in [0, 0.1) is 5.82 Å². The molecule has 0 radical (unpaired) electrons. The summed E-state index contributed by atoms with van der Waals surface area (Å²) in [4.78, 5) is 17.7. The summed E-state index contributed by atoms with van der Waals surface area (Å²) >= 11 is 5.76. The average Bonchev–Trinajstić information content (AvgIpc) is 2.40. The zero-order valence-electron chi connectivity index (χ0n) is 12.1. The van der Waals surface area contributed by atoms with Gasteiger partial charge in [0, 0.05) is 12.6 Å². The predicted octanol–water partition coefficient (Wildman–Crippen LogP) is 2.72. The van der Waals surface area contributed by atoms with E-state index in [-0.39, 0.29) is 16.6 Å². The van der Waals surface area contributed by atoms with Gasteiger partial charge in [-0.1, -0.05) is 11.6 Å². The number of hydrogen-bond acceptors (Lipinski definition) is 3. The smallest absolute Gasteiger partial charge is 0.254 e. The quantitative estimate of drug-likeness (QED) is 0.622. The van der Waals surface area contributed by atoms with Crippen molar-refractivity contribution in [2.24, 2.45) is 0 Å². The lowest BCUT2D eigenvalue weighted by molar-refractivity contribution is 0.0952. The first-order chi connectivity index (χ1) is 9.41. The molecule has 0 spiro atoms. The molecule has 1 rings (SSSR count). The molecule has 0 aliphatic heterocycles. The van der Waals surface area contributed by atoms with E-state index in [4.69, 9.17) is 11.6 Å². The molecular weight excluding hydrogens is 281 g/mol. The second-order valence-corrected chi connectivity index (χ2v) is 5.39. The minimum absolute atomic E-state index is 0.0171. The number of carbonyl (C=O) groups is 1. The lowest BCUT2D eigenvalue weighted by atomic mass is 10.2. The summed E-state index contributed by atoms with van der Waals surface area (Å²) in [6.07, 6.45) is 2.84. The fourth-order valence-corrected chi connectivity index (χ4v) is 1.81. The highest BCUT2D eigenvalue weighted by molar-refractivity contribution is 6.32. The van der Waals surface area contributed by atoms with Crippen LogP contribution in [-0.2, 0) is 0 Å². The zero-order chi connectivity index (χ0) is 15.1. The van der Waals surface area contributed by atoms with E-state index in [1.165, 1.54) is 0 Å². The van der Waals surface area contributed by atoms with Crippen LogP contribution in [-0.4, -0.2) is 42.0 Å². The van der Waals surface area contributed by atoms with Gasteiger partial charge in [0.2, 0.25) is 0 Å². The summed E-state index contributed by atoms with van der Waals surface area (Å²) in [5, 5.41) is 2.74. The Kier molecular flexibility index (Phi) is 6.88. The minimum atomic E-state index is -0.571. The number of halogens is 2. The van der Waals surface area contributed by atoms with Crippen molar-refractivity contribution < 1.29 is 9.18 Å². The molecule has 6 heteroatoms. The van der Waals surface area contributed by atoms with Gasteiger partial charge in [0.15, 0.2) is 0 Å². The fourth-order valence-electron chi connectivity index (χ4n) is 1.62. The van der Waals surface area contributed by atoms with Crippen LogP contribution in [0.25, 0.3) is 0 Å². The van der Waals surface area contributed by atoms with Crippen LogP contribution in [0.15, 0.2) is 12.3 Å². The van der Waals surface area contributed by atoms with Crippen LogP contribution < -0.4 is 5.32 Å². The summed E-state index contributed by atoms with van der Waals surface area (Å²) in [5.74, 6) is -0.961. The van der Waals surface area contributed by atoms with Gasteiger partial charge in [-0.05, 0) is 46.3 Å². The molecule has 0 bridgehead atoms. The summed E-state index contributed by atoms with van der Waals surface area (Å²) in [6.45, 7) is 5.80. The van der Waals surface area contributed by atoms with Crippen molar-refractivity contribution in [3.63, 3.8) is 0 Å². The number of hydrogen-bond donors (Lipinski definition) is 1. The summed E-state index contributed by atoms with van der Waals surface area (Å²) in [6, 6.07) is 1.61. The standard InChI is InChI=1S/C14H21ClFN3O/c1-10(2)19(3)7-5-4-6-17-14(20)12-8-11(16)9-18-13(12)15/h8-10H,4-7H2,1-3H3,(H,17,20). The lowest BCUT2D eigenvalue weighted by Gasteiger charge is -2.20. The van der Waals surface area contributed by atoms with Crippen molar-refractivity contribution in [1.82, 2.24) is 15.2 Å². The van der Waals surface area contributed by atoms with E-state index in [0.717, 1.165) is 31.6 Å². The molecule has 1 amide bonds. The number of pyridine rings is 1. The summed E-state index contributed by atoms with van der Waals surface area (Å²) < 4.78 is 13.0. The molecule has 0 aliphatic rings. The molecule has 0 saturated carbocycles. The first-order valence-electron chi connectivity index (χ1n) is 6.71. The van der Waals surface area contributed by atoms with Crippen molar-refractivity contribution >= 4 is 17.5 Å². The highest BCUT2D eigenvalue weighted by Crippen LogP contribution is 2.13. The molecule has 112 valence electrons. The molecule has 0 fully saturated rings. The van der Waals surface area contributed by atoms with E-state index in [1.807, 2.05) is 0 Å². The summed E-state index contributed by atoms with van der Waals surface area (Å²) in [5.41, 5.74) is 0.0750. The predicted molar refractivity (Wildman–Crippen MR) is 78.5 cm³/mol. The van der Waals surface area contributed by atoms with E-state index in [1.54, 1.807) is 0 Å². The van der Waals surface area contributed by atoms with Gasteiger partial charge in [-0.3, -0.25) is 4.79 Å². The van der Waals surface area contributed by atoms with E-state index >= 15 is 0 Å². The second kappa shape index (κ2) is 8.17. The molecule has 1 heterocycles. The Balaban J connectivity index is 2.32. The van der Waals surface area contributed by atoms with Gasteiger partial charge in [0.05, 0.1) is 11.8 Å². The van der Waals surface area contributed by atoms with Gasteiger partial charge in [-0.25, -0.2) is 9.37 Å². The van der Waals surface area contributed by atoms with Gasteiger partial charge < -0.3 is 10.2 Å². The molecule has 20 heavy (non-hydrogen) atoms. The normalized spacial score (nSPS) is 11.2. The number of amides is 1. The molecule has 1 N–H and O–H groups in total. The number of carbonyl (C=O) groups excluding carboxylic acids is 1. The van der Waals surface area contributed by atoms with Crippen LogP contribution in [0.5, 0.6) is 0 Å². The first kappa shape index (κ1) is 16.9. The van der Waals surface area contributed by atoms with Crippen molar-refractivity contribution in [3.05, 3.63) is 28.8 Å². The maximum Gasteiger partial charge on any atom is 0.254 e. The average molecular weight is 302 g/mol. The molecule has 0 aromatic carbocycles. The maximum absolute atomic E-state index is 13.0. The molecule has 1 aromatic rings. The number of aromatic nitrogens is 1. The summed E-state index contributed by atoms with van der Waals surface area (Å²) in [7, 11) is 2.07. The molecule has 4 nitrogen and oxygen atoms in total. The van der Waals surface area contributed by atoms with Gasteiger partial charge in [-0.15, -0.1) is 0 Å². The Hall–Kier alpha value is -1.20. The van der Waals surface area contributed by atoms with Crippen LogP contribution in [0.3, 0.4) is 0 Å². The van der Waals surface area contributed by atoms with Gasteiger partial charge in [0.1, 0.15) is 11.0 Å². The minimum Gasteiger partial charge on any atom is -0.352 e. The Bertz CT molecular complexity index is 454. The Morgan fingerprint density at radius 2 is 2.20 bits per heavy atom. The van der Waals surface area contributed by atoms with Gasteiger partial charge in [0.25, 0.3) is 5.91 Å². The third-order valence-corrected chi connectivity index (χ3v) is 3.46. The highest BCUT2D eigenvalue weighted by Gasteiger charge is 2.12. The maximum atomic E-state index is 13.0. The van der Waals surface area contributed by atoms with Crippen LogP contribution in [0.4, 0.5) is 4.39 Å². The third-order valence-electron chi connectivity index (χ3n) is 3.16. The largest absolute Gasteiger partial charge is 0.352 e. The molecule has 0 aliphatic carbocycles. The van der Waals surface area contributed by atoms with Crippen molar-refractivity contribution in [3.8, 4) is 0 Å². The van der Waals surface area contributed by atoms with E-state index < -0.39 is 5.82 Å². The highest BCUT2D eigenvalue weighted by atomic mass is 35.5. The number of rotatable bonds is 7. The van der Waals surface area contributed by atoms with Gasteiger partial charge >= 0.3 is 0 Å².